The van der Waals surface area contributed by atoms with Crippen molar-refractivity contribution in [1.82, 2.24) is 0 Å². The third-order valence-corrected chi connectivity index (χ3v) is 17.6. The molecule has 9 N–H and O–H groups in total. The molecule has 0 radical (unpaired) electrons. The first-order chi connectivity index (χ1) is 25.5. The molecular formula is C41H68O14. The van der Waals surface area contributed by atoms with Crippen molar-refractivity contribution in [3.05, 3.63) is 0 Å². The topological polar surface area (TPSA) is 228 Å². The van der Waals surface area contributed by atoms with E-state index in [2.05, 4.69) is 34.6 Å². The minimum Gasteiger partial charge on any atom is -0.394 e. The molecule has 14 heteroatoms. The summed E-state index contributed by atoms with van der Waals surface area (Å²) in [6, 6.07) is 0. The fraction of sp³-hybridized carbons (Fsp3) is 1.00. The Morgan fingerprint density at radius 1 is 0.709 bits per heavy atom. The molecule has 1 unspecified atom stereocenters. The van der Waals surface area contributed by atoms with Gasteiger partial charge < -0.3 is 69.6 Å². The Balaban J connectivity index is 1.15. The lowest BCUT2D eigenvalue weighted by Gasteiger charge is -2.65. The van der Waals surface area contributed by atoms with Crippen LogP contribution in [0.15, 0.2) is 0 Å². The maximum atomic E-state index is 12.2. The van der Waals surface area contributed by atoms with Crippen LogP contribution in [0.3, 0.4) is 0 Å². The van der Waals surface area contributed by atoms with Crippen LogP contribution in [0.25, 0.3) is 0 Å². The first kappa shape index (κ1) is 41.2. The highest BCUT2D eigenvalue weighted by Gasteiger charge is 2.85. The highest BCUT2D eigenvalue weighted by atomic mass is 16.7. The van der Waals surface area contributed by atoms with E-state index in [1.165, 1.54) is 0 Å². The van der Waals surface area contributed by atoms with Crippen molar-refractivity contribution >= 4 is 0 Å². The molecule has 0 aromatic carbocycles. The quantitative estimate of drug-likeness (QED) is 0.162. The molecule has 8 fully saturated rings. The molecule has 14 nitrogen and oxygen atoms in total. The third kappa shape index (κ3) is 5.70. The molecule has 316 valence electrons. The van der Waals surface area contributed by atoms with Gasteiger partial charge in [0.1, 0.15) is 42.7 Å². The van der Waals surface area contributed by atoms with Gasteiger partial charge in [-0.05, 0) is 117 Å². The second-order valence-electron chi connectivity index (χ2n) is 21.1. The highest BCUT2D eigenvalue weighted by molar-refractivity contribution is 5.33. The van der Waals surface area contributed by atoms with E-state index in [0.29, 0.717) is 25.7 Å². The lowest BCUT2D eigenvalue weighted by molar-refractivity contribution is -0.339. The van der Waals surface area contributed by atoms with E-state index in [1.807, 2.05) is 0 Å². The van der Waals surface area contributed by atoms with Gasteiger partial charge in [0.25, 0.3) is 0 Å². The van der Waals surface area contributed by atoms with E-state index in [-0.39, 0.29) is 52.1 Å². The fourth-order valence-electron chi connectivity index (χ4n) is 14.9. The first-order valence-electron chi connectivity index (χ1n) is 20.9. The predicted molar refractivity (Wildman–Crippen MR) is 194 cm³/mol. The maximum Gasteiger partial charge on any atom is 0.186 e. The highest BCUT2D eigenvalue weighted by Crippen LogP contribution is 2.89. The van der Waals surface area contributed by atoms with Crippen LogP contribution in [0.5, 0.6) is 0 Å². The Morgan fingerprint density at radius 3 is 2.05 bits per heavy atom. The van der Waals surface area contributed by atoms with Crippen molar-refractivity contribution in [3.63, 3.8) is 0 Å². The van der Waals surface area contributed by atoms with Gasteiger partial charge in [-0.1, -0.05) is 27.7 Å². The first-order valence-corrected chi connectivity index (χ1v) is 20.9. The van der Waals surface area contributed by atoms with Crippen LogP contribution < -0.4 is 0 Å². The molecule has 8 rings (SSSR count). The van der Waals surface area contributed by atoms with Crippen molar-refractivity contribution in [3.8, 4) is 0 Å². The lowest BCUT2D eigenvalue weighted by atomic mass is 9.41. The summed E-state index contributed by atoms with van der Waals surface area (Å²) >= 11 is 0. The summed E-state index contributed by atoms with van der Waals surface area (Å²) in [7, 11) is 0. The van der Waals surface area contributed by atoms with Crippen LogP contribution in [0.4, 0.5) is 0 Å². The normalized spacial score (nSPS) is 58.7. The summed E-state index contributed by atoms with van der Waals surface area (Å²) in [5, 5.41) is 97.2. The summed E-state index contributed by atoms with van der Waals surface area (Å²) in [5.41, 5.74) is -3.16. The van der Waals surface area contributed by atoms with E-state index in [0.717, 1.165) is 32.1 Å². The molecule has 3 saturated heterocycles. The zero-order chi connectivity index (χ0) is 40.1. The van der Waals surface area contributed by atoms with Gasteiger partial charge in [-0.3, -0.25) is 0 Å². The predicted octanol–water partition coefficient (Wildman–Crippen LogP) is 0.724. The van der Waals surface area contributed by atoms with Gasteiger partial charge in [0, 0.05) is 5.92 Å². The number of rotatable bonds is 7. The average molecular weight is 785 g/mol. The Hall–Kier alpha value is -0.560. The molecule has 21 atom stereocenters. The van der Waals surface area contributed by atoms with Crippen molar-refractivity contribution < 1.29 is 69.6 Å². The second kappa shape index (κ2) is 13.2. The maximum absolute atomic E-state index is 12.2. The second-order valence-corrected chi connectivity index (χ2v) is 21.1. The summed E-state index contributed by atoms with van der Waals surface area (Å²) in [6.45, 7) is 13.8. The van der Waals surface area contributed by atoms with Crippen molar-refractivity contribution in [2.45, 2.75) is 197 Å². The van der Waals surface area contributed by atoms with Gasteiger partial charge in [0.15, 0.2) is 12.6 Å². The molecule has 55 heavy (non-hydrogen) atoms. The minimum atomic E-state index is -1.60. The number of hydrogen-bond donors (Lipinski definition) is 9. The standard InChI is InChI=1S/C41H68O14/c1-35(2)24(54-33-29(48)26(45)20(44)17-51-33)9-11-41-18-40(41)13-12-37(5)31(39(7)10-8-25(55-39)36(3,4)50)19(43)15-38(37,6)23(40)14-21(32(35)41)52-34-30(49)28(47)27(46)22(16-42)53-34/h19-34,42-50H,8-18H2,1-7H3/t19-,20-,21-,22+,23-,24-,25-,26+,27+,28-,29-,30+,31?,32-,33-,34+,37+,38-,39+,40-,41+/m0/s1. The number of aliphatic hydroxyl groups excluding tert-OH is 8. The fourth-order valence-corrected chi connectivity index (χ4v) is 14.9. The van der Waals surface area contributed by atoms with Crippen molar-refractivity contribution in [2.75, 3.05) is 13.2 Å². The SMILES string of the molecule is CC(C)(O)[C@@H]1CC[C@](C)(C2[C@@H](O)C[C@@]3(C)[C@@H]4C[C@H](O[C@@H]5O[C@H](CO)[C@@H](O)[C@H](O)[C@H]5O)[C@H]5C(C)(C)[C@@H](O[C@@H]6OC[C@H](O)[C@@H](O)[C@@H]6O)CC[C@@]56C[C@@]46CC[C@]23C)O1. The molecule has 0 aromatic rings. The largest absolute Gasteiger partial charge is 0.394 e. The summed E-state index contributed by atoms with van der Waals surface area (Å²) in [6.07, 6.45) is -7.48. The van der Waals surface area contributed by atoms with Crippen LogP contribution in [0.1, 0.15) is 106 Å². The van der Waals surface area contributed by atoms with E-state index < -0.39 is 96.8 Å². The Labute approximate surface area is 324 Å². The van der Waals surface area contributed by atoms with E-state index in [1.54, 1.807) is 13.8 Å². The minimum absolute atomic E-state index is 0.0633. The summed E-state index contributed by atoms with van der Waals surface area (Å²) in [5.74, 6) is -0.215. The van der Waals surface area contributed by atoms with Gasteiger partial charge in [-0.2, -0.15) is 0 Å². The van der Waals surface area contributed by atoms with Gasteiger partial charge in [0.2, 0.25) is 0 Å². The van der Waals surface area contributed by atoms with Crippen LogP contribution in [-0.2, 0) is 23.7 Å². The zero-order valence-corrected chi connectivity index (χ0v) is 33.6. The molecule has 0 aromatic heterocycles. The van der Waals surface area contributed by atoms with Crippen LogP contribution in [0.2, 0.25) is 0 Å². The number of hydrogen-bond acceptors (Lipinski definition) is 14. The number of fused-ring (bicyclic) bond motifs is 2. The Morgan fingerprint density at radius 2 is 1.40 bits per heavy atom. The molecule has 2 spiro atoms. The van der Waals surface area contributed by atoms with E-state index in [9.17, 15) is 46.0 Å². The van der Waals surface area contributed by atoms with Crippen LogP contribution >= 0.6 is 0 Å². The molecule has 3 aliphatic heterocycles. The molecule has 0 amide bonds. The van der Waals surface area contributed by atoms with Gasteiger partial charge >= 0.3 is 0 Å². The van der Waals surface area contributed by atoms with Crippen molar-refractivity contribution in [2.24, 2.45) is 44.8 Å². The zero-order valence-electron chi connectivity index (χ0n) is 33.6. The molecule has 5 saturated carbocycles. The molecular weight excluding hydrogens is 716 g/mol. The number of ether oxygens (including phenoxy) is 5. The molecule has 3 heterocycles. The molecule has 8 aliphatic rings. The molecule has 0 bridgehead atoms. The van der Waals surface area contributed by atoms with E-state index >= 15 is 0 Å². The van der Waals surface area contributed by atoms with Crippen LogP contribution in [0, 0.1) is 44.8 Å². The monoisotopic (exact) mass is 784 g/mol. The van der Waals surface area contributed by atoms with Gasteiger partial charge in [-0.25, -0.2) is 0 Å². The average Bonchev–Trinajstić information content (AvgIpc) is 3.47. The lowest BCUT2D eigenvalue weighted by Crippen LogP contribution is -2.65. The smallest absolute Gasteiger partial charge is 0.186 e. The van der Waals surface area contributed by atoms with Crippen molar-refractivity contribution in [1.29, 1.82) is 0 Å². The molecule has 5 aliphatic carbocycles. The van der Waals surface area contributed by atoms with Gasteiger partial charge in [-0.15, -0.1) is 0 Å². The third-order valence-electron chi connectivity index (χ3n) is 17.6. The number of aliphatic hydroxyl groups is 9. The summed E-state index contributed by atoms with van der Waals surface area (Å²) in [4.78, 5) is 0. The summed E-state index contributed by atoms with van der Waals surface area (Å²) < 4.78 is 31.9. The van der Waals surface area contributed by atoms with E-state index in [4.69, 9.17) is 23.7 Å². The Kier molecular flexibility index (Phi) is 9.90. The van der Waals surface area contributed by atoms with Crippen LogP contribution in [-0.4, -0.2) is 150 Å². The Bertz CT molecular complexity index is 1460. The van der Waals surface area contributed by atoms with Gasteiger partial charge in [0.05, 0.1) is 48.8 Å².